The lowest BCUT2D eigenvalue weighted by Gasteiger charge is -2.31. The first-order valence-electron chi connectivity index (χ1n) is 6.27. The molecule has 108 valence electrons. The predicted octanol–water partition coefficient (Wildman–Crippen LogP) is 1.66. The Morgan fingerprint density at radius 3 is 2.85 bits per heavy atom. The molecule has 6 heteroatoms. The Morgan fingerprint density at radius 1 is 1.45 bits per heavy atom. The lowest BCUT2D eigenvalue weighted by Crippen LogP contribution is -2.48. The van der Waals surface area contributed by atoms with Gasteiger partial charge < -0.3 is 14.4 Å². The van der Waals surface area contributed by atoms with Gasteiger partial charge in [0, 0.05) is 17.1 Å². The lowest BCUT2D eigenvalue weighted by atomic mass is 10.1. The number of hydrogen-bond acceptors (Lipinski definition) is 4. The van der Waals surface area contributed by atoms with Crippen molar-refractivity contribution in [2.75, 3.05) is 26.8 Å². The van der Waals surface area contributed by atoms with E-state index >= 15 is 0 Å². The summed E-state index contributed by atoms with van der Waals surface area (Å²) < 4.78 is 9.94. The molecule has 2 rings (SSSR count). The van der Waals surface area contributed by atoms with E-state index in [1.165, 1.54) is 7.11 Å². The van der Waals surface area contributed by atoms with Crippen LogP contribution in [0.3, 0.4) is 0 Å². The van der Waals surface area contributed by atoms with Crippen LogP contribution in [0.4, 0.5) is 0 Å². The molecule has 1 atom stereocenters. The second-order valence-corrected chi connectivity index (χ2v) is 5.00. The van der Waals surface area contributed by atoms with Crippen molar-refractivity contribution in [2.45, 2.75) is 13.0 Å². The Labute approximate surface area is 122 Å². The van der Waals surface area contributed by atoms with Gasteiger partial charge in [-0.1, -0.05) is 11.6 Å². The molecule has 1 amide bonds. The molecular weight excluding hydrogens is 282 g/mol. The van der Waals surface area contributed by atoms with Gasteiger partial charge in [0.1, 0.15) is 0 Å². The molecule has 0 spiro atoms. The highest BCUT2D eigenvalue weighted by Crippen LogP contribution is 2.18. The van der Waals surface area contributed by atoms with Gasteiger partial charge in [0.15, 0.2) is 6.10 Å². The Kier molecular flexibility index (Phi) is 4.62. The minimum absolute atomic E-state index is 0.137. The lowest BCUT2D eigenvalue weighted by molar-refractivity contribution is -0.158. The van der Waals surface area contributed by atoms with Crippen molar-refractivity contribution >= 4 is 23.5 Å². The number of nitrogens with zero attached hydrogens (tertiary/aromatic N) is 1. The largest absolute Gasteiger partial charge is 0.467 e. The zero-order chi connectivity index (χ0) is 14.7. The number of esters is 1. The molecule has 0 bridgehead atoms. The quantitative estimate of drug-likeness (QED) is 0.779. The maximum atomic E-state index is 12.4. The second kappa shape index (κ2) is 6.24. The number of rotatable bonds is 2. The molecule has 0 aliphatic carbocycles. The van der Waals surface area contributed by atoms with Crippen LogP contribution < -0.4 is 0 Å². The van der Waals surface area contributed by atoms with Crippen LogP contribution in [0.15, 0.2) is 18.2 Å². The zero-order valence-corrected chi connectivity index (χ0v) is 12.1. The van der Waals surface area contributed by atoms with Crippen LogP contribution in [0, 0.1) is 6.92 Å². The van der Waals surface area contributed by atoms with Crippen molar-refractivity contribution in [3.05, 3.63) is 34.3 Å². The minimum atomic E-state index is -0.717. The smallest absolute Gasteiger partial charge is 0.336 e. The molecule has 1 heterocycles. The molecule has 1 unspecified atom stereocenters. The molecule has 0 N–H and O–H groups in total. The van der Waals surface area contributed by atoms with Gasteiger partial charge in [-0.05, 0) is 30.7 Å². The fourth-order valence-electron chi connectivity index (χ4n) is 2.07. The third kappa shape index (κ3) is 3.11. The van der Waals surface area contributed by atoms with Crippen molar-refractivity contribution in [2.24, 2.45) is 0 Å². The molecule has 0 saturated carbocycles. The number of ether oxygens (including phenoxy) is 2. The molecule has 1 aromatic carbocycles. The average molecular weight is 298 g/mol. The Bertz CT molecular complexity index is 532. The fraction of sp³-hybridized carbons (Fsp3) is 0.429. The summed E-state index contributed by atoms with van der Waals surface area (Å²) in [6, 6.07) is 5.12. The summed E-state index contributed by atoms with van der Waals surface area (Å²) in [5.74, 6) is -0.600. The van der Waals surface area contributed by atoms with Crippen molar-refractivity contribution in [3.8, 4) is 0 Å². The van der Waals surface area contributed by atoms with E-state index in [0.29, 0.717) is 23.7 Å². The third-order valence-corrected chi connectivity index (χ3v) is 3.65. The normalized spacial score (nSPS) is 18.8. The second-order valence-electron chi connectivity index (χ2n) is 4.60. The number of carbonyl (C=O) groups excluding carboxylic acids is 2. The number of benzene rings is 1. The van der Waals surface area contributed by atoms with Gasteiger partial charge in [-0.25, -0.2) is 4.79 Å². The zero-order valence-electron chi connectivity index (χ0n) is 11.4. The number of morpholine rings is 1. The van der Waals surface area contributed by atoms with Gasteiger partial charge >= 0.3 is 5.97 Å². The van der Waals surface area contributed by atoms with Crippen LogP contribution in [-0.4, -0.2) is 49.7 Å². The number of carbonyl (C=O) groups is 2. The van der Waals surface area contributed by atoms with Crippen LogP contribution in [0.25, 0.3) is 0 Å². The first-order chi connectivity index (χ1) is 9.52. The number of hydrogen-bond donors (Lipinski definition) is 0. The van der Waals surface area contributed by atoms with Crippen LogP contribution >= 0.6 is 11.6 Å². The van der Waals surface area contributed by atoms with E-state index in [1.807, 2.05) is 6.92 Å². The van der Waals surface area contributed by atoms with Gasteiger partial charge in [0.05, 0.1) is 20.3 Å². The monoisotopic (exact) mass is 297 g/mol. The van der Waals surface area contributed by atoms with Gasteiger partial charge in [-0.15, -0.1) is 0 Å². The Hall–Kier alpha value is -1.59. The Balaban J connectivity index is 2.12. The fourth-order valence-corrected chi connectivity index (χ4v) is 2.19. The maximum absolute atomic E-state index is 12.4. The predicted molar refractivity (Wildman–Crippen MR) is 73.8 cm³/mol. The van der Waals surface area contributed by atoms with E-state index < -0.39 is 12.1 Å². The summed E-state index contributed by atoms with van der Waals surface area (Å²) >= 11 is 5.95. The van der Waals surface area contributed by atoms with E-state index in [1.54, 1.807) is 23.1 Å². The Morgan fingerprint density at radius 2 is 2.20 bits per heavy atom. The van der Waals surface area contributed by atoms with Crippen molar-refractivity contribution in [1.82, 2.24) is 4.90 Å². The standard InChI is InChI=1S/C14H16ClNO4/c1-9-7-10(3-4-11(9)15)13(17)16-5-6-20-12(8-16)14(18)19-2/h3-4,7,12H,5-6,8H2,1-2H3. The van der Waals surface area contributed by atoms with E-state index in [0.717, 1.165) is 5.56 Å². The topological polar surface area (TPSA) is 55.8 Å². The van der Waals surface area contributed by atoms with E-state index in [2.05, 4.69) is 4.74 Å². The number of aryl methyl sites for hydroxylation is 1. The summed E-state index contributed by atoms with van der Waals surface area (Å²) in [5, 5.41) is 0.621. The van der Waals surface area contributed by atoms with Crippen molar-refractivity contribution < 1.29 is 19.1 Å². The molecule has 1 aliphatic heterocycles. The summed E-state index contributed by atoms with van der Waals surface area (Å²) in [7, 11) is 1.30. The molecule has 20 heavy (non-hydrogen) atoms. The average Bonchev–Trinajstić information content (AvgIpc) is 2.48. The highest BCUT2D eigenvalue weighted by atomic mass is 35.5. The molecule has 0 aromatic heterocycles. The number of methoxy groups -OCH3 is 1. The highest BCUT2D eigenvalue weighted by Gasteiger charge is 2.30. The molecule has 1 fully saturated rings. The van der Waals surface area contributed by atoms with Gasteiger partial charge in [-0.2, -0.15) is 0 Å². The van der Waals surface area contributed by atoms with Crippen LogP contribution in [0.5, 0.6) is 0 Å². The van der Waals surface area contributed by atoms with Crippen LogP contribution in [-0.2, 0) is 14.3 Å². The first kappa shape index (κ1) is 14.8. The molecule has 1 aromatic rings. The molecule has 5 nitrogen and oxygen atoms in total. The van der Waals surface area contributed by atoms with Gasteiger partial charge in [-0.3, -0.25) is 4.79 Å². The SMILES string of the molecule is COC(=O)C1CN(C(=O)c2ccc(Cl)c(C)c2)CCO1. The minimum Gasteiger partial charge on any atom is -0.467 e. The molecule has 0 radical (unpaired) electrons. The molecule has 1 saturated heterocycles. The molecule has 1 aliphatic rings. The summed E-state index contributed by atoms with van der Waals surface area (Å²) in [6.07, 6.45) is -0.717. The first-order valence-corrected chi connectivity index (χ1v) is 6.65. The van der Waals surface area contributed by atoms with Crippen molar-refractivity contribution in [1.29, 1.82) is 0 Å². The van der Waals surface area contributed by atoms with Gasteiger partial charge in [0.25, 0.3) is 5.91 Å². The maximum Gasteiger partial charge on any atom is 0.336 e. The summed E-state index contributed by atoms with van der Waals surface area (Å²) in [5.41, 5.74) is 1.40. The number of amides is 1. The van der Waals surface area contributed by atoms with Crippen molar-refractivity contribution in [3.63, 3.8) is 0 Å². The van der Waals surface area contributed by atoms with Gasteiger partial charge in [0.2, 0.25) is 0 Å². The third-order valence-electron chi connectivity index (χ3n) is 3.22. The summed E-state index contributed by atoms with van der Waals surface area (Å²) in [6.45, 7) is 2.81. The number of halogens is 1. The highest BCUT2D eigenvalue weighted by molar-refractivity contribution is 6.31. The van der Waals surface area contributed by atoms with E-state index in [9.17, 15) is 9.59 Å². The van der Waals surface area contributed by atoms with E-state index in [4.69, 9.17) is 16.3 Å². The summed E-state index contributed by atoms with van der Waals surface area (Å²) in [4.78, 5) is 25.5. The molecular formula is C14H16ClNO4. The van der Waals surface area contributed by atoms with Crippen LogP contribution in [0.2, 0.25) is 5.02 Å². The van der Waals surface area contributed by atoms with E-state index in [-0.39, 0.29) is 12.5 Å². The van der Waals surface area contributed by atoms with Crippen LogP contribution in [0.1, 0.15) is 15.9 Å².